The van der Waals surface area contributed by atoms with Crippen LogP contribution in [-0.4, -0.2) is 22.8 Å². The molecule has 0 fully saturated rings. The largest absolute Gasteiger partial charge is 0.459 e. The van der Waals surface area contributed by atoms with Crippen molar-refractivity contribution in [2.24, 2.45) is 0 Å². The molecule has 0 aliphatic heterocycles. The molecule has 0 saturated carbocycles. The molecule has 3 aromatic rings. The number of nitrogens with zero attached hydrogens (tertiary/aromatic N) is 2. The zero-order valence-electron chi connectivity index (χ0n) is 12.6. The van der Waals surface area contributed by atoms with Gasteiger partial charge in [-0.2, -0.15) is 0 Å². The van der Waals surface area contributed by atoms with Crippen LogP contribution in [0.25, 0.3) is 11.0 Å². The number of carbonyl (C=O) groups is 1. The van der Waals surface area contributed by atoms with Gasteiger partial charge in [-0.1, -0.05) is 29.5 Å². The maximum absolute atomic E-state index is 12.5. The van der Waals surface area contributed by atoms with Crippen LogP contribution in [0, 0.1) is 10.1 Å². The highest BCUT2D eigenvalue weighted by Gasteiger charge is 2.24. The minimum Gasteiger partial charge on any atom is -0.459 e. The van der Waals surface area contributed by atoms with Crippen molar-refractivity contribution in [2.45, 2.75) is 13.0 Å². The van der Waals surface area contributed by atoms with E-state index in [4.69, 9.17) is 4.42 Å². The first-order chi connectivity index (χ1) is 11.0. The molecule has 1 amide bonds. The summed E-state index contributed by atoms with van der Waals surface area (Å²) in [6.07, 6.45) is 0. The highest BCUT2D eigenvalue weighted by molar-refractivity contribution is 7.17. The average Bonchev–Trinajstić information content (AvgIpc) is 3.19. The van der Waals surface area contributed by atoms with E-state index in [-0.39, 0.29) is 17.0 Å². The summed E-state index contributed by atoms with van der Waals surface area (Å²) < 4.78 is 5.78. The Morgan fingerprint density at radius 3 is 2.70 bits per heavy atom. The third-order valence-corrected chi connectivity index (χ3v) is 4.77. The fourth-order valence-corrected chi connectivity index (χ4v) is 3.09. The average molecular weight is 330 g/mol. The first-order valence-corrected chi connectivity index (χ1v) is 7.79. The van der Waals surface area contributed by atoms with Crippen LogP contribution >= 0.6 is 11.3 Å². The lowest BCUT2D eigenvalue weighted by atomic mass is 10.2. The SMILES string of the molecule is C[C@H](c1cc2ccccc2o1)N(C)C(=O)c1ccc([N+](=O)[O-])s1. The summed E-state index contributed by atoms with van der Waals surface area (Å²) in [5, 5.41) is 11.7. The molecule has 0 spiro atoms. The van der Waals surface area contributed by atoms with Crippen molar-refractivity contribution >= 4 is 33.2 Å². The van der Waals surface area contributed by atoms with Gasteiger partial charge in [-0.05, 0) is 25.1 Å². The predicted molar refractivity (Wildman–Crippen MR) is 87.7 cm³/mol. The number of amides is 1. The Bertz CT molecular complexity index is 850. The first-order valence-electron chi connectivity index (χ1n) is 6.97. The summed E-state index contributed by atoms with van der Waals surface area (Å²) in [6, 6.07) is 12.1. The summed E-state index contributed by atoms with van der Waals surface area (Å²) >= 11 is 0.874. The Morgan fingerprint density at radius 2 is 2.04 bits per heavy atom. The molecule has 0 bridgehead atoms. The number of rotatable bonds is 4. The Kier molecular flexibility index (Phi) is 3.87. The maximum atomic E-state index is 12.5. The zero-order chi connectivity index (χ0) is 16.6. The van der Waals surface area contributed by atoms with E-state index >= 15 is 0 Å². The zero-order valence-corrected chi connectivity index (χ0v) is 13.4. The van der Waals surface area contributed by atoms with Gasteiger partial charge >= 0.3 is 5.00 Å². The van der Waals surface area contributed by atoms with Crippen molar-refractivity contribution in [3.63, 3.8) is 0 Å². The van der Waals surface area contributed by atoms with E-state index in [1.165, 1.54) is 17.0 Å². The number of nitro groups is 1. The number of thiophene rings is 1. The highest BCUT2D eigenvalue weighted by Crippen LogP contribution is 2.30. The molecule has 7 heteroatoms. The molecule has 1 aromatic carbocycles. The molecular weight excluding hydrogens is 316 g/mol. The summed E-state index contributed by atoms with van der Waals surface area (Å²) in [5.74, 6) is 0.407. The van der Waals surface area contributed by atoms with E-state index in [0.29, 0.717) is 10.6 Å². The van der Waals surface area contributed by atoms with Gasteiger partial charge in [-0.25, -0.2) is 0 Å². The lowest BCUT2D eigenvalue weighted by Gasteiger charge is -2.22. The van der Waals surface area contributed by atoms with Crippen molar-refractivity contribution in [3.8, 4) is 0 Å². The monoisotopic (exact) mass is 330 g/mol. The quantitative estimate of drug-likeness (QED) is 0.529. The number of hydrogen-bond donors (Lipinski definition) is 0. The van der Waals surface area contributed by atoms with Crippen LogP contribution in [0.15, 0.2) is 46.9 Å². The lowest BCUT2D eigenvalue weighted by Crippen LogP contribution is -2.28. The first kappa shape index (κ1) is 15.2. The molecule has 0 radical (unpaired) electrons. The molecule has 2 aromatic heterocycles. The number of furan rings is 1. The molecule has 0 unspecified atom stereocenters. The van der Waals surface area contributed by atoms with Gasteiger partial charge < -0.3 is 9.32 Å². The van der Waals surface area contributed by atoms with Crippen molar-refractivity contribution < 1.29 is 14.1 Å². The van der Waals surface area contributed by atoms with Crippen molar-refractivity contribution in [1.82, 2.24) is 4.90 Å². The predicted octanol–water partition coefficient (Wildman–Crippen LogP) is 4.24. The Morgan fingerprint density at radius 1 is 1.30 bits per heavy atom. The Labute approximate surface area is 136 Å². The summed E-state index contributed by atoms with van der Waals surface area (Å²) in [6.45, 7) is 1.86. The van der Waals surface area contributed by atoms with Crippen LogP contribution in [0.2, 0.25) is 0 Å². The smallest absolute Gasteiger partial charge is 0.324 e. The van der Waals surface area contributed by atoms with Crippen LogP contribution in [0.5, 0.6) is 0 Å². The molecule has 0 aliphatic carbocycles. The van der Waals surface area contributed by atoms with E-state index in [0.717, 1.165) is 22.3 Å². The molecule has 118 valence electrons. The third kappa shape index (κ3) is 2.83. The normalized spacial score (nSPS) is 12.3. The summed E-state index contributed by atoms with van der Waals surface area (Å²) in [5.41, 5.74) is 0.766. The second-order valence-corrected chi connectivity index (χ2v) is 6.24. The van der Waals surface area contributed by atoms with Gasteiger partial charge in [0.2, 0.25) is 0 Å². The van der Waals surface area contributed by atoms with E-state index in [2.05, 4.69) is 0 Å². The topological polar surface area (TPSA) is 76.6 Å². The number of para-hydroxylation sites is 1. The third-order valence-electron chi connectivity index (χ3n) is 3.74. The van der Waals surface area contributed by atoms with Gasteiger partial charge in [0.25, 0.3) is 5.91 Å². The molecule has 23 heavy (non-hydrogen) atoms. The molecule has 6 nitrogen and oxygen atoms in total. The second-order valence-electron chi connectivity index (χ2n) is 5.17. The minimum absolute atomic E-state index is 0.0434. The molecule has 0 aliphatic rings. The van der Waals surface area contributed by atoms with Crippen LogP contribution in [0.3, 0.4) is 0 Å². The van der Waals surface area contributed by atoms with Crippen molar-refractivity contribution in [1.29, 1.82) is 0 Å². The molecule has 0 N–H and O–H groups in total. The van der Waals surface area contributed by atoms with E-state index in [9.17, 15) is 14.9 Å². The number of benzene rings is 1. The van der Waals surface area contributed by atoms with Gasteiger partial charge in [-0.15, -0.1) is 0 Å². The maximum Gasteiger partial charge on any atom is 0.324 e. The second kappa shape index (κ2) is 5.85. The van der Waals surface area contributed by atoms with Gasteiger partial charge in [0, 0.05) is 18.5 Å². The number of hydrogen-bond acceptors (Lipinski definition) is 5. The fourth-order valence-electron chi connectivity index (χ4n) is 2.29. The van der Waals surface area contributed by atoms with Crippen LogP contribution < -0.4 is 0 Å². The lowest BCUT2D eigenvalue weighted by molar-refractivity contribution is -0.380. The van der Waals surface area contributed by atoms with Crippen LogP contribution in [0.4, 0.5) is 5.00 Å². The van der Waals surface area contributed by atoms with Crippen LogP contribution in [0.1, 0.15) is 28.4 Å². The van der Waals surface area contributed by atoms with E-state index in [1.807, 2.05) is 37.3 Å². The highest BCUT2D eigenvalue weighted by atomic mass is 32.1. The summed E-state index contributed by atoms with van der Waals surface area (Å²) in [4.78, 5) is 24.6. The van der Waals surface area contributed by atoms with Gasteiger partial charge in [0.1, 0.15) is 11.3 Å². The van der Waals surface area contributed by atoms with E-state index < -0.39 is 4.92 Å². The number of carbonyl (C=O) groups excluding carboxylic acids is 1. The standard InChI is InChI=1S/C16H14N2O4S/c1-10(13-9-11-5-3-4-6-12(11)22-13)17(2)16(19)14-7-8-15(23-14)18(20)21/h3-10H,1-2H3/t10-/m1/s1. The van der Waals surface area contributed by atoms with Crippen molar-refractivity contribution in [2.75, 3.05) is 7.05 Å². The molecule has 2 heterocycles. The van der Waals surface area contributed by atoms with Gasteiger partial charge in [-0.3, -0.25) is 14.9 Å². The summed E-state index contributed by atoms with van der Waals surface area (Å²) in [7, 11) is 1.66. The minimum atomic E-state index is -0.496. The molecular formula is C16H14N2O4S. The van der Waals surface area contributed by atoms with Gasteiger partial charge in [0.15, 0.2) is 0 Å². The Balaban J connectivity index is 1.84. The molecule has 1 atom stereocenters. The van der Waals surface area contributed by atoms with Crippen LogP contribution in [-0.2, 0) is 0 Å². The van der Waals surface area contributed by atoms with Gasteiger partial charge in [0.05, 0.1) is 15.8 Å². The Hall–Kier alpha value is -2.67. The fraction of sp³-hybridized carbons (Fsp3) is 0.188. The van der Waals surface area contributed by atoms with Crippen molar-refractivity contribution in [3.05, 3.63) is 63.2 Å². The molecule has 0 saturated heterocycles. The number of fused-ring (bicyclic) bond motifs is 1. The van der Waals surface area contributed by atoms with E-state index in [1.54, 1.807) is 7.05 Å². The molecule has 3 rings (SSSR count).